The molecule has 110 valence electrons. The Balaban J connectivity index is 2.48. The van der Waals surface area contributed by atoms with E-state index in [1.807, 2.05) is 0 Å². The molecule has 0 aliphatic carbocycles. The van der Waals surface area contributed by atoms with Crippen LogP contribution in [-0.2, 0) is 17.8 Å². The maximum absolute atomic E-state index is 5.60. The third kappa shape index (κ3) is 5.33. The van der Waals surface area contributed by atoms with Gasteiger partial charge in [-0.1, -0.05) is 27.2 Å². The number of nitrogens with zero attached hydrogens (tertiary/aromatic N) is 2. The number of unbranched alkanes of at least 4 members (excludes halogenated alkanes) is 1. The summed E-state index contributed by atoms with van der Waals surface area (Å²) in [5.41, 5.74) is 3.70. The fraction of sp³-hybridized carbons (Fsp3) is 0.800. The van der Waals surface area contributed by atoms with E-state index in [1.165, 1.54) is 17.7 Å². The average molecular weight is 267 g/mol. The fourth-order valence-corrected chi connectivity index (χ4v) is 2.01. The number of nitrogens with one attached hydrogen (secondary N) is 1. The van der Waals surface area contributed by atoms with Crippen molar-refractivity contribution in [3.63, 3.8) is 0 Å². The monoisotopic (exact) mass is 267 g/mol. The smallest absolute Gasteiger partial charge is 0.0662 e. The highest BCUT2D eigenvalue weighted by Crippen LogP contribution is 2.13. The van der Waals surface area contributed by atoms with Gasteiger partial charge in [0.15, 0.2) is 0 Å². The molecule has 0 radical (unpaired) electrons. The lowest BCUT2D eigenvalue weighted by molar-refractivity contribution is 0.120. The maximum Gasteiger partial charge on any atom is 0.0662 e. The number of hydrogen-bond acceptors (Lipinski definition) is 3. The molecule has 0 spiro atoms. The van der Waals surface area contributed by atoms with E-state index in [2.05, 4.69) is 49.7 Å². The molecule has 0 bridgehead atoms. The van der Waals surface area contributed by atoms with Crippen LogP contribution in [0.15, 0.2) is 0 Å². The van der Waals surface area contributed by atoms with Gasteiger partial charge in [0.2, 0.25) is 0 Å². The van der Waals surface area contributed by atoms with Gasteiger partial charge in [-0.05, 0) is 20.3 Å². The average Bonchev–Trinajstić information content (AvgIpc) is 2.62. The van der Waals surface area contributed by atoms with E-state index in [9.17, 15) is 0 Å². The standard InChI is InChI=1S/C15H29N3O/c1-6-7-9-19-10-8-18-14(5)15(13(4)17-18)11-16-12(2)3/h12,16H,6-11H2,1-5H3. The summed E-state index contributed by atoms with van der Waals surface area (Å²) in [6, 6.07) is 0.500. The van der Waals surface area contributed by atoms with Crippen LogP contribution < -0.4 is 5.32 Å². The summed E-state index contributed by atoms with van der Waals surface area (Å²) in [4.78, 5) is 0. The van der Waals surface area contributed by atoms with Crippen LogP contribution in [0.3, 0.4) is 0 Å². The molecule has 0 atom stereocenters. The molecule has 0 fully saturated rings. The molecule has 4 heteroatoms. The molecule has 1 heterocycles. The minimum Gasteiger partial charge on any atom is -0.380 e. The van der Waals surface area contributed by atoms with E-state index in [1.54, 1.807) is 0 Å². The summed E-state index contributed by atoms with van der Waals surface area (Å²) in [7, 11) is 0. The summed E-state index contributed by atoms with van der Waals surface area (Å²) in [5.74, 6) is 0. The van der Waals surface area contributed by atoms with Crippen molar-refractivity contribution >= 4 is 0 Å². The van der Waals surface area contributed by atoms with Gasteiger partial charge in [0.05, 0.1) is 18.8 Å². The maximum atomic E-state index is 5.60. The SMILES string of the molecule is CCCCOCCn1nc(C)c(CNC(C)C)c1C. The van der Waals surface area contributed by atoms with Crippen molar-refractivity contribution in [1.82, 2.24) is 15.1 Å². The first-order valence-corrected chi connectivity index (χ1v) is 7.40. The molecule has 0 unspecified atom stereocenters. The minimum absolute atomic E-state index is 0.500. The molecule has 1 aromatic heterocycles. The van der Waals surface area contributed by atoms with Gasteiger partial charge in [-0.25, -0.2) is 0 Å². The number of ether oxygens (including phenoxy) is 1. The normalized spacial score (nSPS) is 11.5. The Morgan fingerprint density at radius 3 is 2.63 bits per heavy atom. The predicted octanol–water partition coefficient (Wildman–Crippen LogP) is 2.81. The summed E-state index contributed by atoms with van der Waals surface area (Å²) >= 11 is 0. The summed E-state index contributed by atoms with van der Waals surface area (Å²) in [6.07, 6.45) is 2.33. The summed E-state index contributed by atoms with van der Waals surface area (Å²) in [5, 5.41) is 8.06. The molecule has 0 aromatic carbocycles. The van der Waals surface area contributed by atoms with Gasteiger partial charge in [0.1, 0.15) is 0 Å². The Hall–Kier alpha value is -0.870. The first-order chi connectivity index (χ1) is 9.06. The Morgan fingerprint density at radius 2 is 2.00 bits per heavy atom. The molecular weight excluding hydrogens is 238 g/mol. The van der Waals surface area contributed by atoms with Gasteiger partial charge in [0, 0.05) is 30.5 Å². The molecule has 0 aliphatic heterocycles. The van der Waals surface area contributed by atoms with Gasteiger partial charge in [-0.2, -0.15) is 5.10 Å². The molecule has 19 heavy (non-hydrogen) atoms. The van der Waals surface area contributed by atoms with Crippen LogP contribution in [0.25, 0.3) is 0 Å². The van der Waals surface area contributed by atoms with Gasteiger partial charge >= 0.3 is 0 Å². The fourth-order valence-electron chi connectivity index (χ4n) is 2.01. The topological polar surface area (TPSA) is 39.1 Å². The highest BCUT2D eigenvalue weighted by Gasteiger charge is 2.11. The summed E-state index contributed by atoms with van der Waals surface area (Å²) < 4.78 is 7.67. The van der Waals surface area contributed by atoms with E-state index < -0.39 is 0 Å². The van der Waals surface area contributed by atoms with Crippen molar-refractivity contribution in [3.05, 3.63) is 17.0 Å². The van der Waals surface area contributed by atoms with Gasteiger partial charge < -0.3 is 10.1 Å². The number of hydrogen-bond donors (Lipinski definition) is 1. The van der Waals surface area contributed by atoms with Gasteiger partial charge in [0.25, 0.3) is 0 Å². The Morgan fingerprint density at radius 1 is 1.26 bits per heavy atom. The molecule has 0 amide bonds. The molecule has 1 N–H and O–H groups in total. The van der Waals surface area contributed by atoms with Gasteiger partial charge in [-0.15, -0.1) is 0 Å². The lowest BCUT2D eigenvalue weighted by Crippen LogP contribution is -2.22. The Kier molecular flexibility index (Phi) is 7.10. The molecular formula is C15H29N3O. The zero-order valence-corrected chi connectivity index (χ0v) is 13.1. The van der Waals surface area contributed by atoms with E-state index in [-0.39, 0.29) is 0 Å². The molecule has 4 nitrogen and oxygen atoms in total. The van der Waals surface area contributed by atoms with Crippen molar-refractivity contribution in [2.45, 2.75) is 66.6 Å². The molecule has 0 aliphatic rings. The largest absolute Gasteiger partial charge is 0.380 e. The van der Waals surface area contributed by atoms with Crippen LogP contribution in [0.5, 0.6) is 0 Å². The van der Waals surface area contributed by atoms with Crippen molar-refractivity contribution in [1.29, 1.82) is 0 Å². The van der Waals surface area contributed by atoms with Crippen molar-refractivity contribution in [2.24, 2.45) is 0 Å². The molecule has 0 saturated heterocycles. The quantitative estimate of drug-likeness (QED) is 0.699. The van der Waals surface area contributed by atoms with E-state index in [0.29, 0.717) is 6.04 Å². The minimum atomic E-state index is 0.500. The molecule has 0 saturated carbocycles. The lowest BCUT2D eigenvalue weighted by atomic mass is 10.2. The van der Waals surface area contributed by atoms with Crippen molar-refractivity contribution in [3.8, 4) is 0 Å². The number of rotatable bonds is 9. The number of aromatic nitrogens is 2. The Labute approximate surface area is 117 Å². The van der Waals surface area contributed by atoms with Crippen LogP contribution in [-0.4, -0.2) is 29.0 Å². The van der Waals surface area contributed by atoms with E-state index in [0.717, 1.165) is 38.4 Å². The van der Waals surface area contributed by atoms with Crippen LogP contribution in [0, 0.1) is 13.8 Å². The Bertz CT molecular complexity index is 372. The van der Waals surface area contributed by atoms with Crippen molar-refractivity contribution < 1.29 is 4.74 Å². The zero-order chi connectivity index (χ0) is 14.3. The second-order valence-corrected chi connectivity index (χ2v) is 5.37. The van der Waals surface area contributed by atoms with E-state index in [4.69, 9.17) is 4.74 Å². The van der Waals surface area contributed by atoms with Crippen LogP contribution in [0.2, 0.25) is 0 Å². The zero-order valence-electron chi connectivity index (χ0n) is 13.1. The highest BCUT2D eigenvalue weighted by atomic mass is 16.5. The molecule has 1 aromatic rings. The van der Waals surface area contributed by atoms with Crippen LogP contribution >= 0.6 is 0 Å². The predicted molar refractivity (Wildman–Crippen MR) is 79.4 cm³/mol. The van der Waals surface area contributed by atoms with E-state index >= 15 is 0 Å². The van der Waals surface area contributed by atoms with Crippen LogP contribution in [0.4, 0.5) is 0 Å². The summed E-state index contributed by atoms with van der Waals surface area (Å²) in [6.45, 7) is 14.1. The molecule has 1 rings (SSSR count). The second-order valence-electron chi connectivity index (χ2n) is 5.37. The van der Waals surface area contributed by atoms with Crippen molar-refractivity contribution in [2.75, 3.05) is 13.2 Å². The third-order valence-corrected chi connectivity index (χ3v) is 3.31. The highest BCUT2D eigenvalue weighted by molar-refractivity contribution is 5.24. The lowest BCUT2D eigenvalue weighted by Gasteiger charge is -2.09. The second kappa shape index (κ2) is 8.33. The third-order valence-electron chi connectivity index (χ3n) is 3.31. The first-order valence-electron chi connectivity index (χ1n) is 7.40. The van der Waals surface area contributed by atoms with Crippen LogP contribution in [0.1, 0.15) is 50.6 Å². The first kappa shape index (κ1) is 16.2. The van der Waals surface area contributed by atoms with Gasteiger partial charge in [-0.3, -0.25) is 4.68 Å². The number of aryl methyl sites for hydroxylation is 1.